The predicted octanol–water partition coefficient (Wildman–Crippen LogP) is 2.93. The molecule has 1 N–H and O–H groups in total. The van der Waals surface area contributed by atoms with Gasteiger partial charge in [0.2, 0.25) is 5.91 Å². The van der Waals surface area contributed by atoms with Crippen LogP contribution in [0.2, 0.25) is 0 Å². The van der Waals surface area contributed by atoms with Gasteiger partial charge in [-0.05, 0) is 50.9 Å². The van der Waals surface area contributed by atoms with Gasteiger partial charge in [0.15, 0.2) is 0 Å². The van der Waals surface area contributed by atoms with Gasteiger partial charge in [-0.25, -0.2) is 0 Å². The molecule has 3 heteroatoms. The maximum Gasteiger partial charge on any atom is 0.240 e. The number of nitrogens with one attached hydrogen (secondary N) is 1. The maximum absolute atomic E-state index is 12.0. The second-order valence-electron chi connectivity index (χ2n) is 5.82. The molecule has 18 heavy (non-hydrogen) atoms. The van der Waals surface area contributed by atoms with E-state index in [2.05, 4.69) is 24.4 Å². The lowest BCUT2D eigenvalue weighted by molar-refractivity contribution is -0.133. The zero-order valence-electron chi connectivity index (χ0n) is 11.2. The molecule has 0 unspecified atom stereocenters. The Morgan fingerprint density at radius 1 is 1.56 bits per heavy atom. The SMILES string of the molecule is CC1CC(C#N)(C(=O)NCCC2=CCCCC2)C1. The van der Waals surface area contributed by atoms with E-state index in [9.17, 15) is 4.79 Å². The highest BCUT2D eigenvalue weighted by Crippen LogP contribution is 2.45. The van der Waals surface area contributed by atoms with E-state index in [1.165, 1.54) is 31.3 Å². The Bertz CT molecular complexity index is 386. The lowest BCUT2D eigenvalue weighted by Gasteiger charge is -2.39. The highest BCUT2D eigenvalue weighted by molar-refractivity contribution is 5.86. The van der Waals surface area contributed by atoms with Crippen molar-refractivity contribution in [1.29, 1.82) is 5.26 Å². The summed E-state index contributed by atoms with van der Waals surface area (Å²) in [4.78, 5) is 12.0. The lowest BCUT2D eigenvalue weighted by Crippen LogP contribution is -2.48. The van der Waals surface area contributed by atoms with Crippen LogP contribution in [-0.4, -0.2) is 12.5 Å². The van der Waals surface area contributed by atoms with Gasteiger partial charge in [-0.3, -0.25) is 4.79 Å². The Balaban J connectivity index is 1.75. The highest BCUT2D eigenvalue weighted by atomic mass is 16.2. The molecule has 0 aromatic rings. The molecular weight excluding hydrogens is 224 g/mol. The summed E-state index contributed by atoms with van der Waals surface area (Å²) in [6.07, 6.45) is 9.63. The van der Waals surface area contributed by atoms with Crippen molar-refractivity contribution in [2.24, 2.45) is 11.3 Å². The van der Waals surface area contributed by atoms with Gasteiger partial charge in [-0.2, -0.15) is 5.26 Å². The fourth-order valence-electron chi connectivity index (χ4n) is 3.09. The molecule has 0 aromatic carbocycles. The third-order valence-electron chi connectivity index (χ3n) is 4.16. The second-order valence-corrected chi connectivity index (χ2v) is 5.82. The normalized spacial score (nSPS) is 30.9. The van der Waals surface area contributed by atoms with E-state index in [1.54, 1.807) is 0 Å². The van der Waals surface area contributed by atoms with Crippen LogP contribution in [0.25, 0.3) is 0 Å². The monoisotopic (exact) mass is 246 g/mol. The lowest BCUT2D eigenvalue weighted by atomic mass is 9.63. The van der Waals surface area contributed by atoms with Crippen LogP contribution in [0.3, 0.4) is 0 Å². The minimum Gasteiger partial charge on any atom is -0.354 e. The number of allylic oxidation sites excluding steroid dienone is 1. The van der Waals surface area contributed by atoms with Crippen LogP contribution in [0, 0.1) is 22.7 Å². The van der Waals surface area contributed by atoms with Gasteiger partial charge in [0, 0.05) is 6.54 Å². The van der Waals surface area contributed by atoms with E-state index in [0.717, 1.165) is 19.3 Å². The molecule has 0 aromatic heterocycles. The van der Waals surface area contributed by atoms with Crippen molar-refractivity contribution in [3.8, 4) is 6.07 Å². The molecule has 2 aliphatic carbocycles. The van der Waals surface area contributed by atoms with Gasteiger partial charge in [0.1, 0.15) is 5.41 Å². The first kappa shape index (κ1) is 13.1. The van der Waals surface area contributed by atoms with Crippen molar-refractivity contribution in [2.45, 2.75) is 51.9 Å². The van der Waals surface area contributed by atoms with Gasteiger partial charge in [0.05, 0.1) is 6.07 Å². The summed E-state index contributed by atoms with van der Waals surface area (Å²) in [7, 11) is 0. The summed E-state index contributed by atoms with van der Waals surface area (Å²) in [6.45, 7) is 2.78. The van der Waals surface area contributed by atoms with Crippen molar-refractivity contribution < 1.29 is 4.79 Å². The molecule has 0 spiro atoms. The van der Waals surface area contributed by atoms with Gasteiger partial charge in [0.25, 0.3) is 0 Å². The average molecular weight is 246 g/mol. The zero-order valence-corrected chi connectivity index (χ0v) is 11.2. The summed E-state index contributed by atoms with van der Waals surface area (Å²) >= 11 is 0. The number of rotatable bonds is 4. The fourth-order valence-corrected chi connectivity index (χ4v) is 3.09. The Morgan fingerprint density at radius 2 is 2.33 bits per heavy atom. The highest BCUT2D eigenvalue weighted by Gasteiger charge is 2.48. The first-order chi connectivity index (χ1) is 8.66. The second kappa shape index (κ2) is 5.56. The van der Waals surface area contributed by atoms with Gasteiger partial charge >= 0.3 is 0 Å². The number of nitrogens with zero attached hydrogens (tertiary/aromatic N) is 1. The largest absolute Gasteiger partial charge is 0.354 e. The smallest absolute Gasteiger partial charge is 0.240 e. The van der Waals surface area contributed by atoms with Gasteiger partial charge in [-0.15, -0.1) is 0 Å². The van der Waals surface area contributed by atoms with E-state index in [1.807, 2.05) is 0 Å². The molecule has 1 amide bonds. The zero-order chi connectivity index (χ0) is 13.0. The first-order valence-corrected chi connectivity index (χ1v) is 7.04. The van der Waals surface area contributed by atoms with E-state index < -0.39 is 5.41 Å². The molecule has 0 bridgehead atoms. The number of hydrogen-bond donors (Lipinski definition) is 1. The van der Waals surface area contributed by atoms with Crippen molar-refractivity contribution in [2.75, 3.05) is 6.54 Å². The summed E-state index contributed by atoms with van der Waals surface area (Å²) in [5, 5.41) is 12.1. The molecule has 0 aliphatic heterocycles. The quantitative estimate of drug-likeness (QED) is 0.775. The molecule has 3 nitrogen and oxygen atoms in total. The molecule has 2 aliphatic rings. The molecule has 2 rings (SSSR count). The van der Waals surface area contributed by atoms with Crippen molar-refractivity contribution >= 4 is 5.91 Å². The van der Waals surface area contributed by atoms with Crippen LogP contribution in [0.1, 0.15) is 51.9 Å². The minimum atomic E-state index is -0.722. The van der Waals surface area contributed by atoms with Gasteiger partial charge < -0.3 is 5.32 Å². The third kappa shape index (κ3) is 2.75. The summed E-state index contributed by atoms with van der Waals surface area (Å²) in [6, 6.07) is 2.21. The maximum atomic E-state index is 12.0. The number of amides is 1. The molecule has 0 radical (unpaired) electrons. The molecule has 1 saturated carbocycles. The molecule has 98 valence electrons. The summed E-state index contributed by atoms with van der Waals surface area (Å²) in [5.74, 6) is 0.455. The van der Waals surface area contributed by atoms with Crippen LogP contribution in [-0.2, 0) is 4.79 Å². The number of carbonyl (C=O) groups excluding carboxylic acids is 1. The minimum absolute atomic E-state index is 0.0560. The number of nitriles is 1. The van der Waals surface area contributed by atoms with Crippen molar-refractivity contribution in [3.63, 3.8) is 0 Å². The third-order valence-corrected chi connectivity index (χ3v) is 4.16. The van der Waals surface area contributed by atoms with E-state index in [-0.39, 0.29) is 5.91 Å². The predicted molar refractivity (Wildman–Crippen MR) is 70.6 cm³/mol. The Hall–Kier alpha value is -1.30. The van der Waals surface area contributed by atoms with Crippen molar-refractivity contribution in [3.05, 3.63) is 11.6 Å². The van der Waals surface area contributed by atoms with E-state index >= 15 is 0 Å². The van der Waals surface area contributed by atoms with Crippen LogP contribution in [0.5, 0.6) is 0 Å². The van der Waals surface area contributed by atoms with Crippen LogP contribution in [0.15, 0.2) is 11.6 Å². The van der Waals surface area contributed by atoms with Crippen molar-refractivity contribution in [1.82, 2.24) is 5.32 Å². The van der Waals surface area contributed by atoms with Crippen LogP contribution >= 0.6 is 0 Å². The molecular formula is C15H22N2O. The Kier molecular flexibility index (Phi) is 4.06. The van der Waals surface area contributed by atoms with Gasteiger partial charge in [-0.1, -0.05) is 18.6 Å². The summed E-state index contributed by atoms with van der Waals surface area (Å²) < 4.78 is 0. The molecule has 1 fully saturated rings. The van der Waals surface area contributed by atoms with E-state index in [4.69, 9.17) is 5.26 Å². The summed E-state index contributed by atoms with van der Waals surface area (Å²) in [5.41, 5.74) is 0.745. The Labute approximate surface area is 109 Å². The number of hydrogen-bond acceptors (Lipinski definition) is 2. The molecule has 0 saturated heterocycles. The average Bonchev–Trinajstić information content (AvgIpc) is 2.36. The Morgan fingerprint density at radius 3 is 2.89 bits per heavy atom. The van der Waals surface area contributed by atoms with E-state index in [0.29, 0.717) is 12.5 Å². The van der Waals surface area contributed by atoms with Crippen LogP contribution in [0.4, 0.5) is 0 Å². The van der Waals surface area contributed by atoms with Crippen LogP contribution < -0.4 is 5.32 Å². The molecule has 0 heterocycles. The standard InChI is InChI=1S/C15H22N2O/c1-12-9-15(10-12,11-16)14(18)17-8-7-13-5-3-2-4-6-13/h5,12H,2-4,6-10H2,1H3,(H,17,18). The first-order valence-electron chi connectivity index (χ1n) is 7.04. The number of carbonyl (C=O) groups is 1. The topological polar surface area (TPSA) is 52.9 Å². The molecule has 0 atom stereocenters. The fraction of sp³-hybridized carbons (Fsp3) is 0.733.